The van der Waals surface area contributed by atoms with Crippen molar-refractivity contribution in [2.75, 3.05) is 13.2 Å². The molecule has 0 aromatic rings. The Labute approximate surface area is 92.9 Å². The van der Waals surface area contributed by atoms with Crippen molar-refractivity contribution in [2.45, 2.75) is 20.8 Å². The molecular formula is C10H14O6. The summed E-state index contributed by atoms with van der Waals surface area (Å²) < 4.78 is 8.90. The van der Waals surface area contributed by atoms with Crippen LogP contribution in [0.2, 0.25) is 0 Å². The molecule has 0 radical (unpaired) electrons. The molecule has 16 heavy (non-hydrogen) atoms. The van der Waals surface area contributed by atoms with Crippen LogP contribution in [0.5, 0.6) is 0 Å². The molecular weight excluding hydrogens is 216 g/mol. The van der Waals surface area contributed by atoms with Crippen LogP contribution in [0.25, 0.3) is 0 Å². The summed E-state index contributed by atoms with van der Waals surface area (Å²) in [6.45, 7) is 4.37. The zero-order valence-electron chi connectivity index (χ0n) is 9.44. The molecule has 0 N–H and O–H groups in total. The summed E-state index contributed by atoms with van der Waals surface area (Å²) in [6, 6.07) is 0. The third-order valence-corrected chi connectivity index (χ3v) is 1.72. The van der Waals surface area contributed by atoms with Gasteiger partial charge in [-0.2, -0.15) is 0 Å². The molecule has 90 valence electrons. The van der Waals surface area contributed by atoms with Gasteiger partial charge in [-0.05, 0) is 20.8 Å². The number of ether oxygens (including phenoxy) is 2. The average molecular weight is 230 g/mol. The predicted octanol–water partition coefficient (Wildman–Crippen LogP) is -0.113. The second-order valence-corrected chi connectivity index (χ2v) is 2.89. The van der Waals surface area contributed by atoms with Gasteiger partial charge >= 0.3 is 17.7 Å². The molecule has 0 aromatic heterocycles. The number of rotatable bonds is 6. The van der Waals surface area contributed by atoms with E-state index in [1.54, 1.807) is 6.92 Å². The maximum atomic E-state index is 11.3. The Hall–Kier alpha value is -1.72. The van der Waals surface area contributed by atoms with Crippen LogP contribution in [0.15, 0.2) is 0 Å². The van der Waals surface area contributed by atoms with Crippen molar-refractivity contribution in [3.05, 3.63) is 0 Å². The Bertz CT molecular complexity index is 306. The second kappa shape index (κ2) is 6.71. The first-order valence-corrected chi connectivity index (χ1v) is 4.87. The fourth-order valence-electron chi connectivity index (χ4n) is 0.868. The van der Waals surface area contributed by atoms with Gasteiger partial charge in [-0.1, -0.05) is 0 Å². The molecule has 0 fully saturated rings. The maximum absolute atomic E-state index is 11.3. The van der Waals surface area contributed by atoms with E-state index in [-0.39, 0.29) is 13.2 Å². The lowest BCUT2D eigenvalue weighted by atomic mass is 10.0. The summed E-state index contributed by atoms with van der Waals surface area (Å²) in [5.41, 5.74) is 0. The van der Waals surface area contributed by atoms with Gasteiger partial charge in [-0.15, -0.1) is 0 Å². The van der Waals surface area contributed by atoms with Crippen LogP contribution >= 0.6 is 0 Å². The van der Waals surface area contributed by atoms with Crippen molar-refractivity contribution < 1.29 is 28.7 Å². The molecule has 0 aliphatic carbocycles. The van der Waals surface area contributed by atoms with Crippen LogP contribution < -0.4 is 0 Å². The van der Waals surface area contributed by atoms with Gasteiger partial charge < -0.3 is 9.47 Å². The summed E-state index contributed by atoms with van der Waals surface area (Å²) in [6.07, 6.45) is 0. The minimum absolute atomic E-state index is 0.00829. The maximum Gasteiger partial charge on any atom is 0.382 e. The van der Waals surface area contributed by atoms with E-state index in [0.29, 0.717) is 0 Å². The van der Waals surface area contributed by atoms with E-state index < -0.39 is 29.4 Å². The molecule has 0 saturated carbocycles. The summed E-state index contributed by atoms with van der Waals surface area (Å²) in [5, 5.41) is 0. The van der Waals surface area contributed by atoms with Crippen molar-refractivity contribution >= 4 is 23.5 Å². The molecule has 0 bridgehead atoms. The van der Waals surface area contributed by atoms with E-state index in [0.717, 1.165) is 0 Å². The molecule has 0 spiro atoms. The van der Waals surface area contributed by atoms with Crippen LogP contribution in [0.4, 0.5) is 0 Å². The highest BCUT2D eigenvalue weighted by Crippen LogP contribution is 2.02. The molecule has 0 saturated heterocycles. The van der Waals surface area contributed by atoms with Crippen LogP contribution in [-0.4, -0.2) is 36.7 Å². The molecule has 0 aromatic carbocycles. The van der Waals surface area contributed by atoms with Crippen LogP contribution in [0.3, 0.4) is 0 Å². The van der Waals surface area contributed by atoms with Crippen molar-refractivity contribution in [1.82, 2.24) is 0 Å². The van der Waals surface area contributed by atoms with Crippen LogP contribution in [-0.2, 0) is 28.7 Å². The number of hydrogen-bond acceptors (Lipinski definition) is 6. The fourth-order valence-corrected chi connectivity index (χ4v) is 0.868. The lowest BCUT2D eigenvalue weighted by Crippen LogP contribution is -2.34. The van der Waals surface area contributed by atoms with E-state index >= 15 is 0 Å². The van der Waals surface area contributed by atoms with E-state index in [9.17, 15) is 19.2 Å². The van der Waals surface area contributed by atoms with Crippen molar-refractivity contribution in [3.63, 3.8) is 0 Å². The van der Waals surface area contributed by atoms with E-state index in [2.05, 4.69) is 9.47 Å². The topological polar surface area (TPSA) is 86.7 Å². The Morgan fingerprint density at radius 2 is 1.50 bits per heavy atom. The monoisotopic (exact) mass is 230 g/mol. The quantitative estimate of drug-likeness (QED) is 0.359. The molecule has 1 atom stereocenters. The lowest BCUT2D eigenvalue weighted by Gasteiger charge is -2.07. The number of ketones is 2. The van der Waals surface area contributed by atoms with Gasteiger partial charge in [0.1, 0.15) is 5.92 Å². The Morgan fingerprint density at radius 1 is 1.00 bits per heavy atom. The summed E-state index contributed by atoms with van der Waals surface area (Å²) in [4.78, 5) is 44.5. The van der Waals surface area contributed by atoms with Crippen molar-refractivity contribution in [3.8, 4) is 0 Å². The van der Waals surface area contributed by atoms with Gasteiger partial charge in [0.25, 0.3) is 0 Å². The standard InChI is InChI=1S/C10H14O6/c1-4-15-9(13)6(3)7(11)8(12)10(14)16-5-2/h6H,4-5H2,1-3H3. The number of hydrogen-bond donors (Lipinski definition) is 0. The first-order chi connectivity index (χ1) is 7.45. The lowest BCUT2D eigenvalue weighted by molar-refractivity contribution is -0.160. The van der Waals surface area contributed by atoms with Crippen molar-refractivity contribution in [2.24, 2.45) is 5.92 Å². The molecule has 6 heteroatoms. The molecule has 0 aliphatic heterocycles. The Balaban J connectivity index is 4.49. The predicted molar refractivity (Wildman–Crippen MR) is 52.4 cm³/mol. The molecule has 0 heterocycles. The third kappa shape index (κ3) is 3.80. The summed E-state index contributed by atoms with van der Waals surface area (Å²) in [5.74, 6) is -5.80. The summed E-state index contributed by atoms with van der Waals surface area (Å²) in [7, 11) is 0. The number of carbonyl (C=O) groups excluding carboxylic acids is 4. The second-order valence-electron chi connectivity index (χ2n) is 2.89. The molecule has 0 amide bonds. The molecule has 0 rings (SSSR count). The number of esters is 2. The molecule has 6 nitrogen and oxygen atoms in total. The number of Topliss-reactive ketones (excluding diaryl/α,β-unsaturated/α-hetero) is 2. The van der Waals surface area contributed by atoms with Gasteiger partial charge in [0.15, 0.2) is 0 Å². The van der Waals surface area contributed by atoms with Gasteiger partial charge in [0.05, 0.1) is 13.2 Å². The SMILES string of the molecule is CCOC(=O)C(=O)C(=O)C(C)C(=O)OCC. The molecule has 0 aliphatic rings. The van der Waals surface area contributed by atoms with E-state index in [1.807, 2.05) is 0 Å². The van der Waals surface area contributed by atoms with Crippen LogP contribution in [0, 0.1) is 5.92 Å². The highest BCUT2D eigenvalue weighted by atomic mass is 16.5. The largest absolute Gasteiger partial charge is 0.465 e. The normalized spacial score (nSPS) is 11.4. The third-order valence-electron chi connectivity index (χ3n) is 1.72. The van der Waals surface area contributed by atoms with Gasteiger partial charge in [-0.25, -0.2) is 4.79 Å². The minimum Gasteiger partial charge on any atom is -0.465 e. The smallest absolute Gasteiger partial charge is 0.382 e. The van der Waals surface area contributed by atoms with Crippen molar-refractivity contribution in [1.29, 1.82) is 0 Å². The Morgan fingerprint density at radius 3 is 1.94 bits per heavy atom. The van der Waals surface area contributed by atoms with Gasteiger partial charge in [0.2, 0.25) is 5.78 Å². The van der Waals surface area contributed by atoms with Crippen LogP contribution in [0.1, 0.15) is 20.8 Å². The zero-order chi connectivity index (χ0) is 12.7. The van der Waals surface area contributed by atoms with Gasteiger partial charge in [-0.3, -0.25) is 14.4 Å². The minimum atomic E-state index is -1.33. The fraction of sp³-hybridized carbons (Fsp3) is 0.600. The van der Waals surface area contributed by atoms with Gasteiger partial charge in [0, 0.05) is 0 Å². The summed E-state index contributed by atoms with van der Waals surface area (Å²) >= 11 is 0. The average Bonchev–Trinajstić information content (AvgIpc) is 2.26. The Kier molecular flexibility index (Phi) is 5.99. The first kappa shape index (κ1) is 14.3. The zero-order valence-corrected chi connectivity index (χ0v) is 9.44. The molecule has 1 unspecified atom stereocenters. The highest BCUT2D eigenvalue weighted by Gasteiger charge is 2.33. The number of carbonyl (C=O) groups is 4. The first-order valence-electron chi connectivity index (χ1n) is 4.87. The van der Waals surface area contributed by atoms with E-state index in [1.165, 1.54) is 13.8 Å². The highest BCUT2D eigenvalue weighted by molar-refractivity contribution is 6.63. The van der Waals surface area contributed by atoms with E-state index in [4.69, 9.17) is 0 Å².